The normalized spacial score (nSPS) is 21.7. The molecular formula is C12H18ClN3O2. The van der Waals surface area contributed by atoms with Crippen molar-refractivity contribution in [3.63, 3.8) is 0 Å². The number of hydrogen-bond acceptors (Lipinski definition) is 3. The van der Waals surface area contributed by atoms with Gasteiger partial charge in [0.25, 0.3) is 5.56 Å². The van der Waals surface area contributed by atoms with Crippen LogP contribution in [0.3, 0.4) is 0 Å². The van der Waals surface area contributed by atoms with Crippen LogP contribution >= 0.6 is 12.4 Å². The molecule has 5 nitrogen and oxygen atoms in total. The number of hydrogen-bond donors (Lipinski definition) is 0. The van der Waals surface area contributed by atoms with Crippen molar-refractivity contribution in [2.45, 2.75) is 31.7 Å². The molecule has 2 unspecified atom stereocenters. The summed E-state index contributed by atoms with van der Waals surface area (Å²) in [6.45, 7) is 1.99. The standard InChI is InChI=1S/C12H17N3O2.ClH/c1-8-4-5-9(12(17)14(2)3)11-13-7-6-10(16)15(8)11;/h6-9H,4-5H2,1-3H3;1H. The molecule has 0 bridgehead atoms. The van der Waals surface area contributed by atoms with Crippen molar-refractivity contribution in [1.29, 1.82) is 0 Å². The minimum absolute atomic E-state index is 0. The molecule has 2 rings (SSSR count). The number of nitrogens with zero attached hydrogens (tertiary/aromatic N) is 3. The van der Waals surface area contributed by atoms with Gasteiger partial charge >= 0.3 is 0 Å². The summed E-state index contributed by atoms with van der Waals surface area (Å²) < 4.78 is 1.65. The van der Waals surface area contributed by atoms with Crippen LogP contribution in [0.4, 0.5) is 0 Å². The average Bonchev–Trinajstić information content (AvgIpc) is 2.28. The van der Waals surface area contributed by atoms with Gasteiger partial charge in [0.2, 0.25) is 5.91 Å². The third-order valence-electron chi connectivity index (χ3n) is 3.27. The first-order chi connectivity index (χ1) is 8.02. The Morgan fingerprint density at radius 3 is 2.72 bits per heavy atom. The molecule has 1 aromatic heterocycles. The maximum Gasteiger partial charge on any atom is 0.253 e. The van der Waals surface area contributed by atoms with Crippen LogP contribution in [-0.4, -0.2) is 34.5 Å². The second-order valence-electron chi connectivity index (χ2n) is 4.72. The van der Waals surface area contributed by atoms with Crippen LogP contribution in [0.25, 0.3) is 0 Å². The Morgan fingerprint density at radius 2 is 2.11 bits per heavy atom. The quantitative estimate of drug-likeness (QED) is 0.771. The van der Waals surface area contributed by atoms with E-state index in [1.165, 1.54) is 12.3 Å². The maximum absolute atomic E-state index is 12.0. The molecule has 2 heterocycles. The van der Waals surface area contributed by atoms with E-state index < -0.39 is 0 Å². The van der Waals surface area contributed by atoms with Gasteiger partial charge in [-0.05, 0) is 19.8 Å². The summed E-state index contributed by atoms with van der Waals surface area (Å²) in [6.07, 6.45) is 3.08. The largest absolute Gasteiger partial charge is 0.348 e. The summed E-state index contributed by atoms with van der Waals surface area (Å²) in [5, 5.41) is 0. The SMILES string of the molecule is CC1CCC(C(=O)N(C)C)c2nccc(=O)n21.Cl. The molecule has 18 heavy (non-hydrogen) atoms. The van der Waals surface area contributed by atoms with Gasteiger partial charge in [-0.25, -0.2) is 4.98 Å². The Labute approximate surface area is 112 Å². The fraction of sp³-hybridized carbons (Fsp3) is 0.583. The lowest BCUT2D eigenvalue weighted by molar-refractivity contribution is -0.131. The molecule has 0 spiro atoms. The molecule has 0 radical (unpaired) electrons. The van der Waals surface area contributed by atoms with Crippen LogP contribution in [0.1, 0.15) is 37.5 Å². The Hall–Kier alpha value is -1.36. The van der Waals surface area contributed by atoms with E-state index >= 15 is 0 Å². The van der Waals surface area contributed by atoms with Crippen molar-refractivity contribution in [3.8, 4) is 0 Å². The van der Waals surface area contributed by atoms with Crippen LogP contribution in [0.5, 0.6) is 0 Å². The number of aromatic nitrogens is 2. The molecule has 0 N–H and O–H groups in total. The molecule has 0 aromatic carbocycles. The Balaban J connectivity index is 0.00000162. The molecular weight excluding hydrogens is 254 g/mol. The van der Waals surface area contributed by atoms with Crippen molar-refractivity contribution in [2.24, 2.45) is 0 Å². The second-order valence-corrected chi connectivity index (χ2v) is 4.72. The van der Waals surface area contributed by atoms with E-state index in [9.17, 15) is 9.59 Å². The number of carbonyl (C=O) groups is 1. The lowest BCUT2D eigenvalue weighted by atomic mass is 9.93. The number of halogens is 1. The van der Waals surface area contributed by atoms with Gasteiger partial charge in [-0.3, -0.25) is 14.2 Å². The zero-order chi connectivity index (χ0) is 12.6. The molecule has 1 amide bonds. The van der Waals surface area contributed by atoms with Crippen LogP contribution in [0.15, 0.2) is 17.1 Å². The van der Waals surface area contributed by atoms with Gasteiger partial charge < -0.3 is 4.90 Å². The van der Waals surface area contributed by atoms with Crippen molar-refractivity contribution in [2.75, 3.05) is 14.1 Å². The lowest BCUT2D eigenvalue weighted by Crippen LogP contribution is -2.38. The minimum atomic E-state index is -0.282. The lowest BCUT2D eigenvalue weighted by Gasteiger charge is -2.30. The topological polar surface area (TPSA) is 55.2 Å². The first-order valence-electron chi connectivity index (χ1n) is 5.81. The molecule has 100 valence electrons. The number of likely N-dealkylation sites (N-methyl/N-ethyl adjacent to an activating group) is 1. The van der Waals surface area contributed by atoms with Crippen molar-refractivity contribution >= 4 is 18.3 Å². The van der Waals surface area contributed by atoms with E-state index in [0.29, 0.717) is 5.82 Å². The first-order valence-corrected chi connectivity index (χ1v) is 5.81. The molecule has 1 aliphatic heterocycles. The highest BCUT2D eigenvalue weighted by Gasteiger charge is 2.32. The highest BCUT2D eigenvalue weighted by Crippen LogP contribution is 2.31. The van der Waals surface area contributed by atoms with Gasteiger partial charge in [-0.15, -0.1) is 12.4 Å². The number of amides is 1. The summed E-state index contributed by atoms with van der Waals surface area (Å²) in [6, 6.07) is 1.57. The van der Waals surface area contributed by atoms with Crippen molar-refractivity contribution in [3.05, 3.63) is 28.4 Å². The Bertz CT molecular complexity index is 498. The van der Waals surface area contributed by atoms with E-state index in [-0.39, 0.29) is 35.8 Å². The highest BCUT2D eigenvalue weighted by atomic mass is 35.5. The number of rotatable bonds is 1. The fourth-order valence-electron chi connectivity index (χ4n) is 2.35. The third-order valence-corrected chi connectivity index (χ3v) is 3.27. The average molecular weight is 272 g/mol. The monoisotopic (exact) mass is 271 g/mol. The molecule has 1 aliphatic rings. The van der Waals surface area contributed by atoms with Gasteiger partial charge in [0.1, 0.15) is 5.82 Å². The van der Waals surface area contributed by atoms with Gasteiger partial charge in [-0.1, -0.05) is 0 Å². The van der Waals surface area contributed by atoms with Crippen molar-refractivity contribution < 1.29 is 4.79 Å². The Kier molecular flexibility index (Phi) is 4.51. The smallest absolute Gasteiger partial charge is 0.253 e. The minimum Gasteiger partial charge on any atom is -0.348 e. The van der Waals surface area contributed by atoms with E-state index in [1.54, 1.807) is 23.6 Å². The third kappa shape index (κ3) is 2.41. The fourth-order valence-corrected chi connectivity index (χ4v) is 2.35. The van der Waals surface area contributed by atoms with Crippen LogP contribution in [0.2, 0.25) is 0 Å². The molecule has 0 saturated carbocycles. The van der Waals surface area contributed by atoms with Gasteiger partial charge in [0.15, 0.2) is 0 Å². The van der Waals surface area contributed by atoms with Crippen LogP contribution in [-0.2, 0) is 4.79 Å². The molecule has 1 aromatic rings. The van der Waals surface area contributed by atoms with Crippen LogP contribution in [0, 0.1) is 0 Å². The predicted molar refractivity (Wildman–Crippen MR) is 71.1 cm³/mol. The van der Waals surface area contributed by atoms with Gasteiger partial charge in [0.05, 0.1) is 5.92 Å². The summed E-state index contributed by atoms with van der Waals surface area (Å²) in [5.41, 5.74) is -0.0706. The first kappa shape index (κ1) is 14.7. The summed E-state index contributed by atoms with van der Waals surface area (Å²) in [7, 11) is 3.46. The second kappa shape index (κ2) is 5.52. The zero-order valence-electron chi connectivity index (χ0n) is 10.8. The van der Waals surface area contributed by atoms with E-state index in [0.717, 1.165) is 12.8 Å². The molecule has 0 aliphatic carbocycles. The number of fused-ring (bicyclic) bond motifs is 1. The van der Waals surface area contributed by atoms with E-state index in [4.69, 9.17) is 0 Å². The molecule has 0 saturated heterocycles. The van der Waals surface area contributed by atoms with Gasteiger partial charge in [-0.2, -0.15) is 0 Å². The summed E-state index contributed by atoms with van der Waals surface area (Å²) in [5.74, 6) is 0.341. The zero-order valence-corrected chi connectivity index (χ0v) is 11.6. The highest BCUT2D eigenvalue weighted by molar-refractivity contribution is 5.85. The molecule has 2 atom stereocenters. The predicted octanol–water partition coefficient (Wildman–Crippen LogP) is 1.19. The van der Waals surface area contributed by atoms with Crippen molar-refractivity contribution in [1.82, 2.24) is 14.5 Å². The van der Waals surface area contributed by atoms with Crippen LogP contribution < -0.4 is 5.56 Å². The van der Waals surface area contributed by atoms with E-state index in [1.807, 2.05) is 6.92 Å². The summed E-state index contributed by atoms with van der Waals surface area (Å²) >= 11 is 0. The Morgan fingerprint density at radius 1 is 1.44 bits per heavy atom. The number of carbonyl (C=O) groups excluding carboxylic acids is 1. The molecule has 6 heteroatoms. The summed E-state index contributed by atoms with van der Waals surface area (Å²) in [4.78, 5) is 29.7. The molecule has 0 fully saturated rings. The van der Waals surface area contributed by atoms with Gasteiger partial charge in [0, 0.05) is 32.4 Å². The maximum atomic E-state index is 12.0. The van der Waals surface area contributed by atoms with E-state index in [2.05, 4.69) is 4.98 Å².